The number of nitrogens with two attached hydrogens (primary N) is 1. The average molecular weight is 184 g/mol. The van der Waals surface area contributed by atoms with Crippen LogP contribution in [0.15, 0.2) is 0 Å². The molecule has 1 aliphatic heterocycles. The fourth-order valence-corrected chi connectivity index (χ4v) is 2.74. The van der Waals surface area contributed by atoms with E-state index in [-0.39, 0.29) is 6.54 Å². The quantitative estimate of drug-likeness (QED) is 0.628. The molecule has 2 aliphatic rings. The van der Waals surface area contributed by atoms with Crippen molar-refractivity contribution in [1.82, 2.24) is 4.90 Å². The van der Waals surface area contributed by atoms with Crippen LogP contribution in [0.2, 0.25) is 0 Å². The monoisotopic (exact) mass is 184 g/mol. The van der Waals surface area contributed by atoms with Crippen LogP contribution in [0.4, 0.5) is 0 Å². The normalized spacial score (nSPS) is 39.3. The third kappa shape index (κ3) is 1.69. The number of carbonyl (C=O) groups is 1. The zero-order valence-electron chi connectivity index (χ0n) is 7.70. The fourth-order valence-electron chi connectivity index (χ4n) is 2.74. The molecule has 1 aliphatic carbocycles. The van der Waals surface area contributed by atoms with Crippen LogP contribution in [-0.4, -0.2) is 41.7 Å². The first-order valence-electron chi connectivity index (χ1n) is 4.79. The Bertz CT molecular complexity index is 224. The molecule has 13 heavy (non-hydrogen) atoms. The smallest absolute Gasteiger partial charge is 0.317 e. The molecule has 1 spiro atoms. The maximum Gasteiger partial charge on any atom is 0.317 e. The molecule has 2 fully saturated rings. The first-order valence-corrected chi connectivity index (χ1v) is 4.79. The lowest BCUT2D eigenvalue weighted by Gasteiger charge is -2.43. The van der Waals surface area contributed by atoms with Crippen molar-refractivity contribution in [2.75, 3.05) is 19.6 Å². The topological polar surface area (TPSA) is 66.6 Å². The van der Waals surface area contributed by atoms with E-state index in [1.54, 1.807) is 0 Å². The first kappa shape index (κ1) is 8.97. The number of carboxylic acid groups (broad SMARTS) is 1. The van der Waals surface area contributed by atoms with Crippen molar-refractivity contribution in [2.45, 2.75) is 25.3 Å². The van der Waals surface area contributed by atoms with Crippen molar-refractivity contribution >= 4 is 5.97 Å². The molecule has 1 saturated carbocycles. The van der Waals surface area contributed by atoms with E-state index < -0.39 is 5.97 Å². The summed E-state index contributed by atoms with van der Waals surface area (Å²) in [6.07, 6.45) is 3.31. The van der Waals surface area contributed by atoms with Gasteiger partial charge >= 0.3 is 5.97 Å². The Morgan fingerprint density at radius 2 is 2.31 bits per heavy atom. The van der Waals surface area contributed by atoms with Gasteiger partial charge in [-0.05, 0) is 31.2 Å². The second-order valence-corrected chi connectivity index (χ2v) is 4.52. The molecule has 0 aromatic rings. The first-order chi connectivity index (χ1) is 6.10. The highest BCUT2D eigenvalue weighted by Crippen LogP contribution is 2.47. The standard InChI is InChI=1S/C9H16N2O2/c10-7-3-9(4-7)1-2-11(6-9)5-8(12)13/h7H,1-6,10H2,(H,12,13). The molecule has 0 radical (unpaired) electrons. The van der Waals surface area contributed by atoms with Gasteiger partial charge in [-0.2, -0.15) is 0 Å². The van der Waals surface area contributed by atoms with E-state index in [9.17, 15) is 4.79 Å². The molecule has 0 bridgehead atoms. The zero-order valence-corrected chi connectivity index (χ0v) is 7.70. The van der Waals surface area contributed by atoms with Gasteiger partial charge < -0.3 is 10.8 Å². The second-order valence-electron chi connectivity index (χ2n) is 4.52. The molecule has 4 heteroatoms. The van der Waals surface area contributed by atoms with Gasteiger partial charge in [-0.15, -0.1) is 0 Å². The minimum Gasteiger partial charge on any atom is -0.480 e. The molecule has 3 N–H and O–H groups in total. The Hall–Kier alpha value is -0.610. The lowest BCUT2D eigenvalue weighted by atomic mass is 9.65. The minimum absolute atomic E-state index is 0.191. The highest BCUT2D eigenvalue weighted by atomic mass is 16.4. The number of hydrogen-bond donors (Lipinski definition) is 2. The number of likely N-dealkylation sites (tertiary alicyclic amines) is 1. The minimum atomic E-state index is -0.722. The Morgan fingerprint density at radius 3 is 2.85 bits per heavy atom. The van der Waals surface area contributed by atoms with Crippen molar-refractivity contribution in [2.24, 2.45) is 11.1 Å². The molecule has 4 nitrogen and oxygen atoms in total. The van der Waals surface area contributed by atoms with Crippen LogP contribution in [-0.2, 0) is 4.79 Å². The summed E-state index contributed by atoms with van der Waals surface area (Å²) in [4.78, 5) is 12.5. The lowest BCUT2D eigenvalue weighted by Crippen LogP contribution is -2.47. The third-order valence-corrected chi connectivity index (χ3v) is 3.27. The SMILES string of the molecule is NC1CC2(CCN(CC(=O)O)C2)C1. The largest absolute Gasteiger partial charge is 0.480 e. The van der Waals surface area contributed by atoms with E-state index in [1.165, 1.54) is 0 Å². The van der Waals surface area contributed by atoms with Crippen LogP contribution >= 0.6 is 0 Å². The van der Waals surface area contributed by atoms with E-state index in [1.807, 2.05) is 4.90 Å². The van der Waals surface area contributed by atoms with Crippen LogP contribution in [0.5, 0.6) is 0 Å². The molecule has 0 aromatic heterocycles. The number of rotatable bonds is 2. The van der Waals surface area contributed by atoms with Crippen molar-refractivity contribution in [3.8, 4) is 0 Å². The Morgan fingerprint density at radius 1 is 1.62 bits per heavy atom. The van der Waals surface area contributed by atoms with Crippen LogP contribution in [0.3, 0.4) is 0 Å². The van der Waals surface area contributed by atoms with Gasteiger partial charge in [-0.3, -0.25) is 9.69 Å². The summed E-state index contributed by atoms with van der Waals surface area (Å²) >= 11 is 0. The summed E-state index contributed by atoms with van der Waals surface area (Å²) < 4.78 is 0. The molecule has 0 amide bonds. The van der Waals surface area contributed by atoms with Crippen LogP contribution in [0, 0.1) is 5.41 Å². The number of carboxylic acids is 1. The van der Waals surface area contributed by atoms with E-state index in [0.29, 0.717) is 11.5 Å². The van der Waals surface area contributed by atoms with Gasteiger partial charge in [0, 0.05) is 12.6 Å². The summed E-state index contributed by atoms with van der Waals surface area (Å²) in [5, 5.41) is 8.62. The van der Waals surface area contributed by atoms with Crippen molar-refractivity contribution in [3.63, 3.8) is 0 Å². The van der Waals surface area contributed by atoms with Crippen LogP contribution in [0.1, 0.15) is 19.3 Å². The van der Waals surface area contributed by atoms with Gasteiger partial charge in [0.2, 0.25) is 0 Å². The maximum atomic E-state index is 10.5. The number of nitrogens with zero attached hydrogens (tertiary/aromatic N) is 1. The maximum absolute atomic E-state index is 10.5. The Labute approximate surface area is 77.7 Å². The molecular formula is C9H16N2O2. The predicted octanol–water partition coefficient (Wildman–Crippen LogP) is -0.116. The second kappa shape index (κ2) is 2.96. The van der Waals surface area contributed by atoms with E-state index in [0.717, 1.165) is 32.4 Å². The zero-order chi connectivity index (χ0) is 9.47. The summed E-state index contributed by atoms with van der Waals surface area (Å²) in [5.41, 5.74) is 6.13. The van der Waals surface area contributed by atoms with Crippen molar-refractivity contribution < 1.29 is 9.90 Å². The van der Waals surface area contributed by atoms with E-state index in [4.69, 9.17) is 10.8 Å². The van der Waals surface area contributed by atoms with Crippen molar-refractivity contribution in [1.29, 1.82) is 0 Å². The van der Waals surface area contributed by atoms with Crippen LogP contribution in [0.25, 0.3) is 0 Å². The summed E-state index contributed by atoms with van der Waals surface area (Å²) in [7, 11) is 0. The molecule has 74 valence electrons. The summed E-state index contributed by atoms with van der Waals surface area (Å²) in [6, 6.07) is 0.366. The highest BCUT2D eigenvalue weighted by Gasteiger charge is 2.47. The molecule has 0 unspecified atom stereocenters. The highest BCUT2D eigenvalue weighted by molar-refractivity contribution is 5.69. The van der Waals surface area contributed by atoms with Gasteiger partial charge in [-0.25, -0.2) is 0 Å². The summed E-state index contributed by atoms with van der Waals surface area (Å²) in [5.74, 6) is -0.722. The van der Waals surface area contributed by atoms with Gasteiger partial charge in [0.15, 0.2) is 0 Å². The Balaban J connectivity index is 1.84. The van der Waals surface area contributed by atoms with E-state index >= 15 is 0 Å². The average Bonchev–Trinajstić information content (AvgIpc) is 2.30. The predicted molar refractivity (Wildman–Crippen MR) is 48.3 cm³/mol. The Kier molecular flexibility index (Phi) is 2.04. The third-order valence-electron chi connectivity index (χ3n) is 3.27. The molecule has 0 atom stereocenters. The molecular weight excluding hydrogens is 168 g/mol. The number of aliphatic carboxylic acids is 1. The fraction of sp³-hybridized carbons (Fsp3) is 0.889. The van der Waals surface area contributed by atoms with Crippen LogP contribution < -0.4 is 5.73 Å². The summed E-state index contributed by atoms with van der Waals surface area (Å²) in [6.45, 7) is 2.06. The van der Waals surface area contributed by atoms with Gasteiger partial charge in [0.25, 0.3) is 0 Å². The molecule has 1 heterocycles. The lowest BCUT2D eigenvalue weighted by molar-refractivity contribution is -0.138. The molecule has 2 rings (SSSR count). The van der Waals surface area contributed by atoms with E-state index in [2.05, 4.69) is 0 Å². The molecule has 0 aromatic carbocycles. The van der Waals surface area contributed by atoms with Gasteiger partial charge in [-0.1, -0.05) is 0 Å². The number of hydrogen-bond acceptors (Lipinski definition) is 3. The van der Waals surface area contributed by atoms with Gasteiger partial charge in [0.05, 0.1) is 6.54 Å². The van der Waals surface area contributed by atoms with Crippen molar-refractivity contribution in [3.05, 3.63) is 0 Å². The van der Waals surface area contributed by atoms with Gasteiger partial charge in [0.1, 0.15) is 0 Å². The molecule has 1 saturated heterocycles.